The molecule has 1 heterocycles. The van der Waals surface area contributed by atoms with Gasteiger partial charge in [-0.15, -0.1) is 0 Å². The topological polar surface area (TPSA) is 46.9 Å². The van der Waals surface area contributed by atoms with Gasteiger partial charge in [-0.05, 0) is 42.2 Å². The molecule has 1 aromatic heterocycles. The predicted octanol–water partition coefficient (Wildman–Crippen LogP) is 5.42. The Kier molecular flexibility index (Phi) is 7.00. The van der Waals surface area contributed by atoms with Crippen LogP contribution in [0, 0.1) is 0 Å². The molecule has 0 bridgehead atoms. The SMILES string of the molecule is O=C(CCc1ccccc1)NCCCc1nc2ccccc2n1Cc1ccccc1Cl. The van der Waals surface area contributed by atoms with Gasteiger partial charge in [0.2, 0.25) is 5.91 Å². The van der Waals surface area contributed by atoms with Gasteiger partial charge in [0, 0.05) is 24.4 Å². The van der Waals surface area contributed by atoms with E-state index < -0.39 is 0 Å². The molecule has 0 aliphatic rings. The fourth-order valence-electron chi connectivity index (χ4n) is 3.75. The summed E-state index contributed by atoms with van der Waals surface area (Å²) in [7, 11) is 0. The highest BCUT2D eigenvalue weighted by Crippen LogP contribution is 2.22. The lowest BCUT2D eigenvalue weighted by molar-refractivity contribution is -0.121. The van der Waals surface area contributed by atoms with E-state index in [1.54, 1.807) is 0 Å². The van der Waals surface area contributed by atoms with Crippen LogP contribution >= 0.6 is 11.6 Å². The lowest BCUT2D eigenvalue weighted by Crippen LogP contribution is -2.25. The van der Waals surface area contributed by atoms with Crippen molar-refractivity contribution in [3.63, 3.8) is 0 Å². The maximum Gasteiger partial charge on any atom is 0.220 e. The van der Waals surface area contributed by atoms with Gasteiger partial charge in [0.1, 0.15) is 5.82 Å². The second-order valence-electron chi connectivity index (χ2n) is 7.63. The summed E-state index contributed by atoms with van der Waals surface area (Å²) in [5.74, 6) is 1.10. The third-order valence-electron chi connectivity index (χ3n) is 5.40. The van der Waals surface area contributed by atoms with E-state index >= 15 is 0 Å². The summed E-state index contributed by atoms with van der Waals surface area (Å²) >= 11 is 6.40. The fourth-order valence-corrected chi connectivity index (χ4v) is 3.95. The first kappa shape index (κ1) is 21.1. The summed E-state index contributed by atoms with van der Waals surface area (Å²) in [5.41, 5.74) is 4.34. The minimum absolute atomic E-state index is 0.0911. The molecule has 0 spiro atoms. The van der Waals surface area contributed by atoms with Crippen LogP contribution in [0.3, 0.4) is 0 Å². The second-order valence-corrected chi connectivity index (χ2v) is 8.04. The molecule has 5 heteroatoms. The van der Waals surface area contributed by atoms with Crippen LogP contribution in [-0.2, 0) is 24.2 Å². The quantitative estimate of drug-likeness (QED) is 0.360. The van der Waals surface area contributed by atoms with Crippen molar-refractivity contribution in [3.8, 4) is 0 Å². The van der Waals surface area contributed by atoms with E-state index in [-0.39, 0.29) is 5.91 Å². The molecule has 158 valence electrons. The van der Waals surface area contributed by atoms with Crippen molar-refractivity contribution in [2.45, 2.75) is 32.2 Å². The van der Waals surface area contributed by atoms with Crippen molar-refractivity contribution in [3.05, 3.63) is 101 Å². The fraction of sp³-hybridized carbons (Fsp3) is 0.231. The van der Waals surface area contributed by atoms with Gasteiger partial charge in [-0.2, -0.15) is 0 Å². The van der Waals surface area contributed by atoms with E-state index in [0.717, 1.165) is 46.7 Å². The number of benzene rings is 3. The summed E-state index contributed by atoms with van der Waals surface area (Å²) in [6.07, 6.45) is 2.90. The number of amides is 1. The van der Waals surface area contributed by atoms with E-state index in [1.807, 2.05) is 60.7 Å². The van der Waals surface area contributed by atoms with Gasteiger partial charge in [0.05, 0.1) is 17.6 Å². The molecule has 31 heavy (non-hydrogen) atoms. The Balaban J connectivity index is 1.36. The van der Waals surface area contributed by atoms with Crippen molar-refractivity contribution in [2.75, 3.05) is 6.54 Å². The normalized spacial score (nSPS) is 11.0. The number of nitrogens with zero attached hydrogens (tertiary/aromatic N) is 2. The van der Waals surface area contributed by atoms with Crippen LogP contribution in [0.1, 0.15) is 29.8 Å². The molecule has 1 amide bonds. The van der Waals surface area contributed by atoms with Crippen LogP contribution < -0.4 is 5.32 Å². The Morgan fingerprint density at radius 3 is 2.48 bits per heavy atom. The van der Waals surface area contributed by atoms with Gasteiger partial charge in [0.25, 0.3) is 0 Å². The lowest BCUT2D eigenvalue weighted by Gasteiger charge is -2.11. The van der Waals surface area contributed by atoms with Crippen molar-refractivity contribution < 1.29 is 4.79 Å². The summed E-state index contributed by atoms with van der Waals surface area (Å²) in [6, 6.07) is 26.2. The largest absolute Gasteiger partial charge is 0.356 e. The third-order valence-corrected chi connectivity index (χ3v) is 5.77. The van der Waals surface area contributed by atoms with Gasteiger partial charge in [-0.3, -0.25) is 4.79 Å². The van der Waals surface area contributed by atoms with E-state index in [0.29, 0.717) is 19.5 Å². The monoisotopic (exact) mass is 431 g/mol. The molecule has 0 radical (unpaired) electrons. The molecule has 0 saturated carbocycles. The first-order valence-corrected chi connectivity index (χ1v) is 11.1. The highest BCUT2D eigenvalue weighted by Gasteiger charge is 2.12. The number of nitrogens with one attached hydrogen (secondary N) is 1. The zero-order chi connectivity index (χ0) is 21.5. The molecule has 4 nitrogen and oxygen atoms in total. The van der Waals surface area contributed by atoms with E-state index in [1.165, 1.54) is 5.56 Å². The number of aromatic nitrogens is 2. The van der Waals surface area contributed by atoms with E-state index in [4.69, 9.17) is 16.6 Å². The first-order valence-electron chi connectivity index (χ1n) is 10.7. The Labute approximate surface area is 187 Å². The molecule has 1 N–H and O–H groups in total. The molecule has 3 aromatic carbocycles. The highest BCUT2D eigenvalue weighted by molar-refractivity contribution is 6.31. The number of para-hydroxylation sites is 2. The van der Waals surface area contributed by atoms with Crippen LogP contribution in [0.2, 0.25) is 5.02 Å². The molecular weight excluding hydrogens is 406 g/mol. The number of carbonyl (C=O) groups is 1. The Hall–Kier alpha value is -3.11. The number of fused-ring (bicyclic) bond motifs is 1. The van der Waals surface area contributed by atoms with Crippen molar-refractivity contribution in [1.82, 2.24) is 14.9 Å². The van der Waals surface area contributed by atoms with Crippen molar-refractivity contribution in [2.24, 2.45) is 0 Å². The summed E-state index contributed by atoms with van der Waals surface area (Å²) in [5, 5.41) is 3.80. The van der Waals surface area contributed by atoms with E-state index in [2.05, 4.69) is 28.1 Å². The van der Waals surface area contributed by atoms with E-state index in [9.17, 15) is 4.79 Å². The van der Waals surface area contributed by atoms with Crippen LogP contribution in [0.25, 0.3) is 11.0 Å². The Morgan fingerprint density at radius 2 is 1.65 bits per heavy atom. The zero-order valence-electron chi connectivity index (χ0n) is 17.4. The van der Waals surface area contributed by atoms with Crippen molar-refractivity contribution >= 4 is 28.5 Å². The average Bonchev–Trinajstić information content (AvgIpc) is 3.15. The van der Waals surface area contributed by atoms with Gasteiger partial charge in [0.15, 0.2) is 0 Å². The number of imidazole rings is 1. The Bertz CT molecular complexity index is 1150. The van der Waals surface area contributed by atoms with Gasteiger partial charge in [-0.25, -0.2) is 4.98 Å². The number of hydrogen-bond acceptors (Lipinski definition) is 2. The van der Waals surface area contributed by atoms with Crippen LogP contribution in [-0.4, -0.2) is 22.0 Å². The number of carbonyl (C=O) groups excluding carboxylic acids is 1. The van der Waals surface area contributed by atoms with Crippen molar-refractivity contribution in [1.29, 1.82) is 0 Å². The lowest BCUT2D eigenvalue weighted by atomic mass is 10.1. The maximum atomic E-state index is 12.2. The molecule has 0 atom stereocenters. The molecule has 4 rings (SSSR count). The smallest absolute Gasteiger partial charge is 0.220 e. The maximum absolute atomic E-state index is 12.2. The zero-order valence-corrected chi connectivity index (χ0v) is 18.2. The van der Waals surface area contributed by atoms with Gasteiger partial charge < -0.3 is 9.88 Å². The van der Waals surface area contributed by atoms with Crippen LogP contribution in [0.5, 0.6) is 0 Å². The Morgan fingerprint density at radius 1 is 0.903 bits per heavy atom. The molecule has 0 saturated heterocycles. The number of halogens is 1. The van der Waals surface area contributed by atoms with Crippen LogP contribution in [0.4, 0.5) is 0 Å². The minimum Gasteiger partial charge on any atom is -0.356 e. The summed E-state index contributed by atoms with van der Waals surface area (Å²) in [4.78, 5) is 17.0. The van der Waals surface area contributed by atoms with Crippen LogP contribution in [0.15, 0.2) is 78.9 Å². The number of hydrogen-bond donors (Lipinski definition) is 1. The first-order chi connectivity index (χ1) is 15.2. The predicted molar refractivity (Wildman–Crippen MR) is 126 cm³/mol. The number of rotatable bonds is 9. The molecule has 0 aliphatic heterocycles. The second kappa shape index (κ2) is 10.3. The standard InChI is InChI=1S/C26H26ClN3O/c27-22-12-5-4-11-21(22)19-30-24-14-7-6-13-23(24)29-25(30)15-8-18-28-26(31)17-16-20-9-2-1-3-10-20/h1-7,9-14H,8,15-19H2,(H,28,31). The average molecular weight is 432 g/mol. The van der Waals surface area contributed by atoms with Gasteiger partial charge >= 0.3 is 0 Å². The minimum atomic E-state index is 0.0911. The molecule has 0 aliphatic carbocycles. The summed E-state index contributed by atoms with van der Waals surface area (Å²) < 4.78 is 2.23. The third kappa shape index (κ3) is 5.53. The molecule has 4 aromatic rings. The molecular formula is C26H26ClN3O. The summed E-state index contributed by atoms with van der Waals surface area (Å²) in [6.45, 7) is 1.32. The molecule has 0 unspecified atom stereocenters. The highest BCUT2D eigenvalue weighted by atomic mass is 35.5. The molecule has 0 fully saturated rings. The number of aryl methyl sites for hydroxylation is 2. The van der Waals surface area contributed by atoms with Gasteiger partial charge in [-0.1, -0.05) is 72.3 Å².